The summed E-state index contributed by atoms with van der Waals surface area (Å²) in [5, 5.41) is 0. The topological polar surface area (TPSA) is 49.3 Å². The van der Waals surface area contributed by atoms with E-state index in [1.165, 1.54) is 0 Å². The summed E-state index contributed by atoms with van der Waals surface area (Å²) >= 11 is 0. The molecule has 0 atom stereocenters. The molecule has 1 fully saturated rings. The number of benzene rings is 1. The van der Waals surface area contributed by atoms with Crippen LogP contribution in [0.1, 0.15) is 35.2 Å². The van der Waals surface area contributed by atoms with Gasteiger partial charge in [-0.05, 0) is 49.4 Å². The zero-order valence-corrected chi connectivity index (χ0v) is 14.1. The second kappa shape index (κ2) is 6.78. The van der Waals surface area contributed by atoms with Crippen LogP contribution in [0.15, 0.2) is 36.8 Å². The number of carbonyl (C=O) groups is 1. The van der Waals surface area contributed by atoms with Crippen LogP contribution < -0.4 is 4.90 Å². The summed E-state index contributed by atoms with van der Waals surface area (Å²) < 4.78 is 13.3. The van der Waals surface area contributed by atoms with Crippen molar-refractivity contribution >= 4 is 17.4 Å². The van der Waals surface area contributed by atoms with Gasteiger partial charge in [0.25, 0.3) is 5.91 Å². The number of aromatic nitrogens is 2. The van der Waals surface area contributed by atoms with E-state index in [9.17, 15) is 9.18 Å². The number of anilines is 2. The first kappa shape index (κ1) is 16.0. The third-order valence-corrected chi connectivity index (χ3v) is 4.98. The minimum atomic E-state index is -0.770. The lowest BCUT2D eigenvalue weighted by Crippen LogP contribution is -2.39. The highest BCUT2D eigenvalue weighted by Gasteiger charge is 2.25. The van der Waals surface area contributed by atoms with Gasteiger partial charge in [-0.25, -0.2) is 9.37 Å². The van der Waals surface area contributed by atoms with Gasteiger partial charge in [0.2, 0.25) is 0 Å². The number of halogens is 1. The summed E-state index contributed by atoms with van der Waals surface area (Å²) in [7, 11) is 0. The van der Waals surface area contributed by atoms with Crippen LogP contribution in [0.4, 0.5) is 15.9 Å². The maximum atomic E-state index is 13.3. The normalized spacial score (nSPS) is 18.1. The lowest BCUT2D eigenvalue weighted by molar-refractivity contribution is 0.0667. The average molecular weight is 340 g/mol. The number of likely N-dealkylation sites (tertiary alicyclic amines) is 1. The zero-order chi connectivity index (χ0) is 17.2. The standard InChI is InChI=1S/C19H21FN4O/c20-16-5-10-23(11-6-16)19(25)15-3-4-17-14(12-15)2-1-9-24(17)18-13-21-7-8-22-18/h3-4,7-8,12-13,16H,1-2,5-6,9-11H2. The molecule has 5 nitrogen and oxygen atoms in total. The number of rotatable bonds is 2. The molecule has 0 bridgehead atoms. The fourth-order valence-corrected chi connectivity index (χ4v) is 3.63. The molecule has 2 aliphatic heterocycles. The number of carbonyl (C=O) groups excluding carboxylic acids is 1. The molecule has 6 heteroatoms. The van der Waals surface area contributed by atoms with Crippen LogP contribution in [0.2, 0.25) is 0 Å². The van der Waals surface area contributed by atoms with E-state index in [0.717, 1.165) is 36.5 Å². The molecule has 1 aromatic heterocycles. The molecule has 4 rings (SSSR count). The van der Waals surface area contributed by atoms with Crippen molar-refractivity contribution in [3.05, 3.63) is 47.9 Å². The van der Waals surface area contributed by atoms with Gasteiger partial charge in [0.05, 0.1) is 6.20 Å². The second-order valence-corrected chi connectivity index (χ2v) is 6.63. The van der Waals surface area contributed by atoms with E-state index in [0.29, 0.717) is 31.5 Å². The maximum Gasteiger partial charge on any atom is 0.253 e. The quantitative estimate of drug-likeness (QED) is 0.843. The van der Waals surface area contributed by atoms with Crippen molar-refractivity contribution in [2.45, 2.75) is 31.9 Å². The Bertz CT molecular complexity index is 759. The Labute approximate surface area is 146 Å². The number of nitrogens with zero attached hydrogens (tertiary/aromatic N) is 4. The molecular weight excluding hydrogens is 319 g/mol. The number of amides is 1. The maximum absolute atomic E-state index is 13.3. The predicted octanol–water partition coefficient (Wildman–Crippen LogP) is 3.14. The van der Waals surface area contributed by atoms with Gasteiger partial charge < -0.3 is 9.80 Å². The Morgan fingerprint density at radius 3 is 2.76 bits per heavy atom. The molecule has 2 aromatic rings. The molecule has 2 aliphatic rings. The van der Waals surface area contributed by atoms with Gasteiger partial charge in [0.15, 0.2) is 5.82 Å². The van der Waals surface area contributed by atoms with Crippen LogP contribution in [-0.2, 0) is 6.42 Å². The number of alkyl halides is 1. The second-order valence-electron chi connectivity index (χ2n) is 6.63. The van der Waals surface area contributed by atoms with Crippen molar-refractivity contribution in [3.63, 3.8) is 0 Å². The van der Waals surface area contributed by atoms with Crippen LogP contribution in [0.5, 0.6) is 0 Å². The first-order valence-corrected chi connectivity index (χ1v) is 8.82. The largest absolute Gasteiger partial charge is 0.338 e. The van der Waals surface area contributed by atoms with Crippen LogP contribution in [0, 0.1) is 0 Å². The number of piperidine rings is 1. The van der Waals surface area contributed by atoms with E-state index in [2.05, 4.69) is 14.9 Å². The molecule has 0 N–H and O–H groups in total. The minimum Gasteiger partial charge on any atom is -0.338 e. The smallest absolute Gasteiger partial charge is 0.253 e. The van der Waals surface area contributed by atoms with Gasteiger partial charge in [-0.3, -0.25) is 9.78 Å². The van der Waals surface area contributed by atoms with Crippen LogP contribution >= 0.6 is 0 Å². The Kier molecular flexibility index (Phi) is 4.34. The molecule has 0 radical (unpaired) electrons. The van der Waals surface area contributed by atoms with E-state index in [1.54, 1.807) is 23.5 Å². The van der Waals surface area contributed by atoms with E-state index >= 15 is 0 Å². The van der Waals surface area contributed by atoms with Crippen LogP contribution in [-0.4, -0.2) is 46.6 Å². The SMILES string of the molecule is O=C(c1ccc2c(c1)CCCN2c1cnccn1)N1CCC(F)CC1. The summed E-state index contributed by atoms with van der Waals surface area (Å²) in [6.07, 6.45) is 7.18. The van der Waals surface area contributed by atoms with Crippen molar-refractivity contribution in [1.82, 2.24) is 14.9 Å². The first-order valence-electron chi connectivity index (χ1n) is 8.82. The van der Waals surface area contributed by atoms with Crippen LogP contribution in [0.25, 0.3) is 0 Å². The third-order valence-electron chi connectivity index (χ3n) is 4.98. The Morgan fingerprint density at radius 2 is 2.00 bits per heavy atom. The molecular formula is C19H21FN4O. The van der Waals surface area contributed by atoms with Gasteiger partial charge in [0, 0.05) is 43.3 Å². The highest BCUT2D eigenvalue weighted by Crippen LogP contribution is 2.33. The Balaban J connectivity index is 1.58. The number of hydrogen-bond acceptors (Lipinski definition) is 4. The molecule has 1 saturated heterocycles. The first-order chi connectivity index (χ1) is 12.2. The summed E-state index contributed by atoms with van der Waals surface area (Å²) in [5.41, 5.74) is 2.94. The van der Waals surface area contributed by atoms with Crippen molar-refractivity contribution in [1.29, 1.82) is 0 Å². The summed E-state index contributed by atoms with van der Waals surface area (Å²) in [4.78, 5) is 25.2. The molecule has 25 heavy (non-hydrogen) atoms. The predicted molar refractivity (Wildman–Crippen MR) is 93.8 cm³/mol. The molecule has 3 heterocycles. The zero-order valence-electron chi connectivity index (χ0n) is 14.1. The molecule has 1 amide bonds. The monoisotopic (exact) mass is 340 g/mol. The van der Waals surface area contributed by atoms with E-state index in [-0.39, 0.29) is 5.91 Å². The molecule has 0 spiro atoms. The van der Waals surface area contributed by atoms with E-state index in [1.807, 2.05) is 18.2 Å². The fourth-order valence-electron chi connectivity index (χ4n) is 3.63. The van der Waals surface area contributed by atoms with Gasteiger partial charge in [-0.15, -0.1) is 0 Å². The van der Waals surface area contributed by atoms with Gasteiger partial charge >= 0.3 is 0 Å². The number of fused-ring (bicyclic) bond motifs is 1. The van der Waals surface area contributed by atoms with Gasteiger partial charge in [-0.2, -0.15) is 0 Å². The number of hydrogen-bond donors (Lipinski definition) is 0. The van der Waals surface area contributed by atoms with E-state index in [4.69, 9.17) is 0 Å². The summed E-state index contributed by atoms with van der Waals surface area (Å²) in [6, 6.07) is 5.86. The summed E-state index contributed by atoms with van der Waals surface area (Å²) in [6.45, 7) is 1.90. The molecule has 0 aliphatic carbocycles. The fraction of sp³-hybridized carbons (Fsp3) is 0.421. The Morgan fingerprint density at radius 1 is 1.16 bits per heavy atom. The van der Waals surface area contributed by atoms with Crippen LogP contribution in [0.3, 0.4) is 0 Å². The van der Waals surface area contributed by atoms with Gasteiger partial charge in [-0.1, -0.05) is 0 Å². The molecule has 1 aromatic carbocycles. The lowest BCUT2D eigenvalue weighted by Gasteiger charge is -2.31. The molecule has 130 valence electrons. The minimum absolute atomic E-state index is 0.00586. The van der Waals surface area contributed by atoms with Crippen molar-refractivity contribution < 1.29 is 9.18 Å². The Hall–Kier alpha value is -2.50. The highest BCUT2D eigenvalue weighted by atomic mass is 19.1. The highest BCUT2D eigenvalue weighted by molar-refractivity contribution is 5.95. The number of aryl methyl sites for hydroxylation is 1. The lowest BCUT2D eigenvalue weighted by atomic mass is 9.98. The molecule has 0 unspecified atom stereocenters. The molecule has 0 saturated carbocycles. The van der Waals surface area contributed by atoms with Crippen molar-refractivity contribution in [3.8, 4) is 0 Å². The van der Waals surface area contributed by atoms with Crippen molar-refractivity contribution in [2.75, 3.05) is 24.5 Å². The third kappa shape index (κ3) is 3.21. The summed E-state index contributed by atoms with van der Waals surface area (Å²) in [5.74, 6) is 0.832. The van der Waals surface area contributed by atoms with E-state index < -0.39 is 6.17 Å². The van der Waals surface area contributed by atoms with Crippen molar-refractivity contribution in [2.24, 2.45) is 0 Å². The van der Waals surface area contributed by atoms with Gasteiger partial charge in [0.1, 0.15) is 6.17 Å². The average Bonchev–Trinajstić information content (AvgIpc) is 2.68.